The molecule has 0 aliphatic rings. The highest BCUT2D eigenvalue weighted by Crippen LogP contribution is 2.29. The van der Waals surface area contributed by atoms with Crippen molar-refractivity contribution in [3.63, 3.8) is 0 Å². The van der Waals surface area contributed by atoms with Gasteiger partial charge in [0.1, 0.15) is 12.3 Å². The molecule has 0 spiro atoms. The Morgan fingerprint density at radius 1 is 0.933 bits per heavy atom. The van der Waals surface area contributed by atoms with Crippen LogP contribution < -0.4 is 14.4 Å². The summed E-state index contributed by atoms with van der Waals surface area (Å²) in [5.74, 6) is 0.640. The molecule has 0 saturated heterocycles. The number of nitrogens with one attached hydrogen (secondary N) is 1. The van der Waals surface area contributed by atoms with Crippen LogP contribution in [0.15, 0.2) is 78.9 Å². The van der Waals surface area contributed by atoms with Crippen LogP contribution in [0.2, 0.25) is 0 Å². The number of carbonyl (C=O) groups excluding carboxylic acids is 1. The quantitative estimate of drug-likeness (QED) is 0.580. The highest BCUT2D eigenvalue weighted by atomic mass is 32.2. The van der Waals surface area contributed by atoms with Gasteiger partial charge in [0.05, 0.1) is 17.6 Å². The summed E-state index contributed by atoms with van der Waals surface area (Å²) in [6.45, 7) is 1.60. The molecule has 1 N–H and O–H groups in total. The number of carbonyl (C=O) groups is 1. The number of hydrogen-bond acceptors (Lipinski definition) is 4. The predicted molar refractivity (Wildman–Crippen MR) is 120 cm³/mol. The number of para-hydroxylation sites is 4. The first kappa shape index (κ1) is 21.4. The fourth-order valence-corrected chi connectivity index (χ4v) is 3.92. The first-order chi connectivity index (χ1) is 14.4. The van der Waals surface area contributed by atoms with Crippen LogP contribution in [-0.2, 0) is 21.2 Å². The third kappa shape index (κ3) is 5.39. The molecule has 0 saturated carbocycles. The highest BCUT2D eigenvalue weighted by molar-refractivity contribution is 7.92. The number of anilines is 2. The molecule has 0 aliphatic carbocycles. The molecular weight excluding hydrogens is 400 g/mol. The van der Waals surface area contributed by atoms with Crippen molar-refractivity contribution in [2.45, 2.75) is 13.3 Å². The van der Waals surface area contributed by atoms with Crippen molar-refractivity contribution in [1.29, 1.82) is 0 Å². The van der Waals surface area contributed by atoms with Gasteiger partial charge < -0.3 is 10.1 Å². The van der Waals surface area contributed by atoms with Gasteiger partial charge in [-0.05, 0) is 42.3 Å². The van der Waals surface area contributed by atoms with E-state index in [-0.39, 0.29) is 6.54 Å². The van der Waals surface area contributed by atoms with Gasteiger partial charge in [0, 0.05) is 0 Å². The summed E-state index contributed by atoms with van der Waals surface area (Å²) in [4.78, 5) is 12.8. The van der Waals surface area contributed by atoms with Crippen LogP contribution in [0, 0.1) is 0 Å². The van der Waals surface area contributed by atoms with Gasteiger partial charge in [0.25, 0.3) is 0 Å². The summed E-state index contributed by atoms with van der Waals surface area (Å²) < 4.78 is 31.8. The van der Waals surface area contributed by atoms with Gasteiger partial charge in [-0.1, -0.05) is 55.5 Å². The van der Waals surface area contributed by atoms with E-state index in [1.807, 2.05) is 49.4 Å². The van der Waals surface area contributed by atoms with E-state index in [1.165, 1.54) is 0 Å². The molecular formula is C23H24N2O4S. The Balaban J connectivity index is 1.82. The first-order valence-electron chi connectivity index (χ1n) is 9.56. The summed E-state index contributed by atoms with van der Waals surface area (Å²) >= 11 is 0. The van der Waals surface area contributed by atoms with Crippen LogP contribution in [0.4, 0.5) is 11.4 Å². The Morgan fingerprint density at radius 3 is 2.27 bits per heavy atom. The molecule has 0 bridgehead atoms. The van der Waals surface area contributed by atoms with Crippen molar-refractivity contribution >= 4 is 27.3 Å². The van der Waals surface area contributed by atoms with Crippen molar-refractivity contribution in [3.8, 4) is 11.5 Å². The Bertz CT molecular complexity index is 1110. The fourth-order valence-electron chi connectivity index (χ4n) is 3.03. The average Bonchev–Trinajstić information content (AvgIpc) is 2.73. The lowest BCUT2D eigenvalue weighted by Gasteiger charge is -2.24. The molecule has 3 aromatic rings. The number of benzene rings is 3. The second-order valence-electron chi connectivity index (χ2n) is 6.71. The van der Waals surface area contributed by atoms with E-state index in [0.29, 0.717) is 29.3 Å². The number of ether oxygens (including phenoxy) is 1. The predicted octanol–water partition coefficient (Wildman–Crippen LogP) is 4.45. The molecule has 0 fully saturated rings. The molecule has 156 valence electrons. The van der Waals surface area contributed by atoms with Gasteiger partial charge in [-0.25, -0.2) is 8.42 Å². The first-order valence-corrected chi connectivity index (χ1v) is 11.4. The van der Waals surface area contributed by atoms with E-state index in [1.54, 1.807) is 36.4 Å². The molecule has 0 aromatic heterocycles. The lowest BCUT2D eigenvalue weighted by atomic mass is 10.1. The lowest BCUT2D eigenvalue weighted by Crippen LogP contribution is -2.38. The second kappa shape index (κ2) is 9.45. The number of hydrogen-bond donors (Lipinski definition) is 1. The van der Waals surface area contributed by atoms with Crippen molar-refractivity contribution in [2.75, 3.05) is 22.4 Å². The van der Waals surface area contributed by atoms with E-state index < -0.39 is 15.9 Å². The van der Waals surface area contributed by atoms with Crippen LogP contribution in [0.25, 0.3) is 0 Å². The van der Waals surface area contributed by atoms with E-state index in [9.17, 15) is 13.2 Å². The average molecular weight is 425 g/mol. The van der Waals surface area contributed by atoms with Crippen LogP contribution in [0.1, 0.15) is 12.5 Å². The van der Waals surface area contributed by atoms with Gasteiger partial charge in [-0.2, -0.15) is 0 Å². The molecule has 0 atom stereocenters. The van der Waals surface area contributed by atoms with Crippen molar-refractivity contribution in [2.24, 2.45) is 0 Å². The summed E-state index contributed by atoms with van der Waals surface area (Å²) in [6.07, 6.45) is 1.75. The van der Waals surface area contributed by atoms with Gasteiger partial charge >= 0.3 is 0 Å². The normalized spacial score (nSPS) is 11.0. The largest absolute Gasteiger partial charge is 0.455 e. The molecule has 3 rings (SSSR count). The Morgan fingerprint density at radius 2 is 1.57 bits per heavy atom. The Hall–Kier alpha value is -3.32. The number of amides is 1. The summed E-state index contributed by atoms with van der Waals surface area (Å²) in [7, 11) is -3.66. The van der Waals surface area contributed by atoms with Gasteiger partial charge in [-0.3, -0.25) is 9.10 Å². The fraction of sp³-hybridized carbons (Fsp3) is 0.174. The van der Waals surface area contributed by atoms with E-state index in [4.69, 9.17) is 4.74 Å². The Kier molecular flexibility index (Phi) is 6.74. The van der Waals surface area contributed by atoms with Crippen molar-refractivity contribution in [3.05, 3.63) is 84.4 Å². The summed E-state index contributed by atoms with van der Waals surface area (Å²) in [5.41, 5.74) is 1.82. The summed E-state index contributed by atoms with van der Waals surface area (Å²) in [5, 5.41) is 2.77. The van der Waals surface area contributed by atoms with Gasteiger partial charge in [0.2, 0.25) is 15.9 Å². The number of aryl methyl sites for hydroxylation is 1. The summed E-state index contributed by atoms with van der Waals surface area (Å²) in [6, 6.07) is 23.4. The molecule has 0 radical (unpaired) electrons. The minimum Gasteiger partial charge on any atom is -0.455 e. The molecule has 3 aromatic carbocycles. The molecule has 1 amide bonds. The van der Waals surface area contributed by atoms with Crippen molar-refractivity contribution < 1.29 is 17.9 Å². The molecule has 0 unspecified atom stereocenters. The lowest BCUT2D eigenvalue weighted by molar-refractivity contribution is -0.114. The van der Waals surface area contributed by atoms with Crippen LogP contribution in [0.3, 0.4) is 0 Å². The van der Waals surface area contributed by atoms with Crippen molar-refractivity contribution in [1.82, 2.24) is 0 Å². The molecule has 0 aliphatic heterocycles. The maximum Gasteiger partial charge on any atom is 0.245 e. The smallest absolute Gasteiger partial charge is 0.245 e. The third-order valence-corrected chi connectivity index (χ3v) is 5.59. The number of rotatable bonds is 8. The van der Waals surface area contributed by atoms with Crippen LogP contribution in [-0.4, -0.2) is 27.1 Å². The molecule has 6 nitrogen and oxygen atoms in total. The monoisotopic (exact) mass is 424 g/mol. The number of sulfonamides is 1. The topological polar surface area (TPSA) is 75.7 Å². The maximum absolute atomic E-state index is 12.8. The van der Waals surface area contributed by atoms with E-state index >= 15 is 0 Å². The van der Waals surface area contributed by atoms with E-state index in [0.717, 1.165) is 16.1 Å². The minimum absolute atomic E-state index is 0.338. The highest BCUT2D eigenvalue weighted by Gasteiger charge is 2.23. The van der Waals surface area contributed by atoms with Crippen LogP contribution in [0.5, 0.6) is 11.5 Å². The van der Waals surface area contributed by atoms with Gasteiger partial charge in [0.15, 0.2) is 5.75 Å². The maximum atomic E-state index is 12.8. The molecule has 30 heavy (non-hydrogen) atoms. The standard InChI is InChI=1S/C23H24N2O4S/c1-3-18-11-7-9-15-21(18)25(30(2,27)28)17-23(26)24-20-14-8-10-16-22(20)29-19-12-5-4-6-13-19/h4-16H,3,17H2,1-2H3,(H,24,26). The zero-order valence-electron chi connectivity index (χ0n) is 16.9. The zero-order chi connectivity index (χ0) is 21.6. The molecule has 7 heteroatoms. The third-order valence-electron chi connectivity index (χ3n) is 4.46. The second-order valence-corrected chi connectivity index (χ2v) is 8.62. The van der Waals surface area contributed by atoms with Crippen LogP contribution >= 0.6 is 0 Å². The number of nitrogens with zero attached hydrogens (tertiary/aromatic N) is 1. The van der Waals surface area contributed by atoms with Gasteiger partial charge in [-0.15, -0.1) is 0 Å². The SMILES string of the molecule is CCc1ccccc1N(CC(=O)Nc1ccccc1Oc1ccccc1)S(C)(=O)=O. The zero-order valence-corrected chi connectivity index (χ0v) is 17.7. The van der Waals surface area contributed by atoms with E-state index in [2.05, 4.69) is 5.32 Å². The Labute approximate surface area is 177 Å². The minimum atomic E-state index is -3.66. The molecule has 0 heterocycles.